The third kappa shape index (κ3) is 2.26. The van der Waals surface area contributed by atoms with Crippen LogP contribution in [0.25, 0.3) is 0 Å². The molecule has 1 saturated heterocycles. The van der Waals surface area contributed by atoms with Gasteiger partial charge in [0, 0.05) is 25.0 Å². The standard InChI is InChI=1S/C13H19N3O2/c1-15-12-5-4-9(14)7-11(12)13(18)16-6-2-3-10(16)8-17/h4-5,7,10,15,17H,2-3,6,8,14H2,1H3/t10-/m0/s1. The Morgan fingerprint density at radius 3 is 3.06 bits per heavy atom. The monoisotopic (exact) mass is 249 g/mol. The van der Waals surface area contributed by atoms with Crippen LogP contribution in [0.1, 0.15) is 23.2 Å². The first-order valence-electron chi connectivity index (χ1n) is 6.16. The SMILES string of the molecule is CNc1ccc(N)cc1C(=O)N1CCC[C@H]1CO. The Kier molecular flexibility index (Phi) is 3.72. The molecule has 0 bridgehead atoms. The number of aliphatic hydroxyl groups is 1. The highest BCUT2D eigenvalue weighted by atomic mass is 16.3. The van der Waals surface area contributed by atoms with Crippen molar-refractivity contribution in [3.05, 3.63) is 23.8 Å². The fourth-order valence-corrected chi connectivity index (χ4v) is 2.40. The number of hydrogen-bond acceptors (Lipinski definition) is 4. The van der Waals surface area contributed by atoms with Crippen LogP contribution in [-0.4, -0.2) is 42.2 Å². The zero-order valence-electron chi connectivity index (χ0n) is 10.5. The number of nitrogen functional groups attached to an aromatic ring is 1. The van der Waals surface area contributed by atoms with Crippen LogP contribution in [-0.2, 0) is 0 Å². The maximum Gasteiger partial charge on any atom is 0.256 e. The topological polar surface area (TPSA) is 78.6 Å². The number of carbonyl (C=O) groups is 1. The van der Waals surface area contributed by atoms with Crippen LogP contribution in [0.5, 0.6) is 0 Å². The van der Waals surface area contributed by atoms with Gasteiger partial charge in [-0.25, -0.2) is 0 Å². The lowest BCUT2D eigenvalue weighted by molar-refractivity contribution is 0.0678. The Morgan fingerprint density at radius 1 is 1.61 bits per heavy atom. The summed E-state index contributed by atoms with van der Waals surface area (Å²) in [5.74, 6) is -0.0665. The molecule has 18 heavy (non-hydrogen) atoms. The summed E-state index contributed by atoms with van der Waals surface area (Å²) in [4.78, 5) is 14.2. The van der Waals surface area contributed by atoms with Gasteiger partial charge in [0.2, 0.25) is 0 Å². The van der Waals surface area contributed by atoms with Crippen LogP contribution >= 0.6 is 0 Å². The van der Waals surface area contributed by atoms with Gasteiger partial charge < -0.3 is 21.1 Å². The molecule has 0 radical (unpaired) electrons. The average Bonchev–Trinajstić information content (AvgIpc) is 2.86. The first kappa shape index (κ1) is 12.7. The van der Waals surface area contributed by atoms with Crippen molar-refractivity contribution >= 4 is 17.3 Å². The van der Waals surface area contributed by atoms with Crippen LogP contribution in [0.4, 0.5) is 11.4 Å². The fourth-order valence-electron chi connectivity index (χ4n) is 2.40. The molecule has 5 heteroatoms. The van der Waals surface area contributed by atoms with Gasteiger partial charge >= 0.3 is 0 Å². The van der Waals surface area contributed by atoms with E-state index in [-0.39, 0.29) is 18.6 Å². The second-order valence-corrected chi connectivity index (χ2v) is 4.53. The molecule has 1 aliphatic rings. The number of nitrogens with one attached hydrogen (secondary N) is 1. The predicted octanol–water partition coefficient (Wildman–Crippen LogP) is 0.907. The zero-order valence-corrected chi connectivity index (χ0v) is 10.5. The van der Waals surface area contributed by atoms with Crippen molar-refractivity contribution < 1.29 is 9.90 Å². The highest BCUT2D eigenvalue weighted by Crippen LogP contribution is 2.25. The lowest BCUT2D eigenvalue weighted by Crippen LogP contribution is -2.37. The number of nitrogens with two attached hydrogens (primary N) is 1. The molecule has 1 aliphatic heterocycles. The Bertz CT molecular complexity index is 448. The summed E-state index contributed by atoms with van der Waals surface area (Å²) >= 11 is 0. The Labute approximate surface area is 107 Å². The number of anilines is 2. The summed E-state index contributed by atoms with van der Waals surface area (Å²) in [6.45, 7) is 0.713. The van der Waals surface area contributed by atoms with E-state index in [0.717, 1.165) is 18.5 Å². The second-order valence-electron chi connectivity index (χ2n) is 4.53. The third-order valence-electron chi connectivity index (χ3n) is 3.39. The molecule has 5 nitrogen and oxygen atoms in total. The van der Waals surface area contributed by atoms with Gasteiger partial charge in [-0.3, -0.25) is 4.79 Å². The molecule has 2 rings (SSSR count). The molecule has 0 unspecified atom stereocenters. The van der Waals surface area contributed by atoms with Crippen molar-refractivity contribution in [2.45, 2.75) is 18.9 Å². The molecule has 1 aromatic rings. The van der Waals surface area contributed by atoms with Gasteiger partial charge in [0.1, 0.15) is 0 Å². The lowest BCUT2D eigenvalue weighted by Gasteiger charge is -2.24. The van der Waals surface area contributed by atoms with Crippen LogP contribution in [0.3, 0.4) is 0 Å². The molecule has 1 fully saturated rings. The highest BCUT2D eigenvalue weighted by Gasteiger charge is 2.29. The van der Waals surface area contributed by atoms with Crippen molar-refractivity contribution in [3.8, 4) is 0 Å². The van der Waals surface area contributed by atoms with E-state index in [9.17, 15) is 9.90 Å². The zero-order chi connectivity index (χ0) is 13.1. The molecule has 0 aliphatic carbocycles. The first-order chi connectivity index (χ1) is 8.67. The summed E-state index contributed by atoms with van der Waals surface area (Å²) < 4.78 is 0. The van der Waals surface area contributed by atoms with Crippen LogP contribution in [0.15, 0.2) is 18.2 Å². The molecular weight excluding hydrogens is 230 g/mol. The van der Waals surface area contributed by atoms with Gasteiger partial charge in [-0.2, -0.15) is 0 Å². The van der Waals surface area contributed by atoms with Crippen molar-refractivity contribution in [2.24, 2.45) is 0 Å². The van der Waals surface area contributed by atoms with Crippen LogP contribution in [0.2, 0.25) is 0 Å². The number of nitrogens with zero attached hydrogens (tertiary/aromatic N) is 1. The van der Waals surface area contributed by atoms with Gasteiger partial charge in [0.15, 0.2) is 0 Å². The van der Waals surface area contributed by atoms with E-state index in [4.69, 9.17) is 5.73 Å². The minimum atomic E-state index is -0.0665. The number of benzene rings is 1. The molecule has 0 spiro atoms. The van der Waals surface area contributed by atoms with Crippen LogP contribution < -0.4 is 11.1 Å². The van der Waals surface area contributed by atoms with Gasteiger partial charge in [-0.15, -0.1) is 0 Å². The Balaban J connectivity index is 2.30. The third-order valence-corrected chi connectivity index (χ3v) is 3.39. The summed E-state index contributed by atoms with van der Waals surface area (Å²) in [6.07, 6.45) is 1.80. The molecule has 4 N–H and O–H groups in total. The molecule has 1 atom stereocenters. The molecule has 1 heterocycles. The molecule has 0 saturated carbocycles. The van der Waals surface area contributed by atoms with Crippen molar-refractivity contribution in [1.29, 1.82) is 0 Å². The van der Waals surface area contributed by atoms with E-state index < -0.39 is 0 Å². The average molecular weight is 249 g/mol. The van der Waals surface area contributed by atoms with E-state index in [0.29, 0.717) is 17.8 Å². The molecule has 1 amide bonds. The lowest BCUT2D eigenvalue weighted by atomic mass is 10.1. The molecule has 98 valence electrons. The number of aliphatic hydroxyl groups excluding tert-OH is 1. The summed E-state index contributed by atoms with van der Waals surface area (Å²) in [6, 6.07) is 5.17. The van der Waals surface area contributed by atoms with Crippen LogP contribution in [0, 0.1) is 0 Å². The Morgan fingerprint density at radius 2 is 2.39 bits per heavy atom. The van der Waals surface area contributed by atoms with E-state index in [2.05, 4.69) is 5.32 Å². The summed E-state index contributed by atoms with van der Waals surface area (Å²) in [7, 11) is 1.77. The van der Waals surface area contributed by atoms with Gasteiger partial charge in [-0.05, 0) is 31.0 Å². The summed E-state index contributed by atoms with van der Waals surface area (Å²) in [5, 5.41) is 12.3. The van der Waals surface area contributed by atoms with Gasteiger partial charge in [0.05, 0.1) is 18.2 Å². The van der Waals surface area contributed by atoms with E-state index in [1.54, 1.807) is 30.1 Å². The quantitative estimate of drug-likeness (QED) is 0.696. The number of likely N-dealkylation sites (tertiary alicyclic amines) is 1. The largest absolute Gasteiger partial charge is 0.399 e. The normalized spacial score (nSPS) is 19.0. The van der Waals surface area contributed by atoms with E-state index in [1.165, 1.54) is 0 Å². The molecule has 1 aromatic carbocycles. The smallest absolute Gasteiger partial charge is 0.256 e. The number of rotatable bonds is 3. The number of amides is 1. The van der Waals surface area contributed by atoms with Gasteiger partial charge in [0.25, 0.3) is 5.91 Å². The first-order valence-corrected chi connectivity index (χ1v) is 6.16. The van der Waals surface area contributed by atoms with E-state index >= 15 is 0 Å². The van der Waals surface area contributed by atoms with E-state index in [1.807, 2.05) is 0 Å². The Hall–Kier alpha value is -1.75. The fraction of sp³-hybridized carbons (Fsp3) is 0.462. The van der Waals surface area contributed by atoms with Crippen molar-refractivity contribution in [3.63, 3.8) is 0 Å². The maximum atomic E-state index is 12.5. The highest BCUT2D eigenvalue weighted by molar-refractivity contribution is 6.00. The minimum Gasteiger partial charge on any atom is -0.399 e. The van der Waals surface area contributed by atoms with Crippen molar-refractivity contribution in [2.75, 3.05) is 31.2 Å². The predicted molar refractivity (Wildman–Crippen MR) is 71.5 cm³/mol. The maximum absolute atomic E-state index is 12.5. The summed E-state index contributed by atoms with van der Waals surface area (Å²) in [5.41, 5.74) is 7.63. The minimum absolute atomic E-state index is 0.0168. The molecule has 0 aromatic heterocycles. The number of carbonyl (C=O) groups excluding carboxylic acids is 1. The van der Waals surface area contributed by atoms with Crippen molar-refractivity contribution in [1.82, 2.24) is 4.90 Å². The molecular formula is C13H19N3O2. The number of hydrogen-bond donors (Lipinski definition) is 3. The van der Waals surface area contributed by atoms with Gasteiger partial charge in [-0.1, -0.05) is 0 Å². The second kappa shape index (κ2) is 5.27.